The monoisotopic (exact) mass is 512 g/mol. The van der Waals surface area contributed by atoms with Gasteiger partial charge in [-0.1, -0.05) is 24.6 Å². The molecule has 38 heavy (non-hydrogen) atoms. The molecular weight excluding hydrogens is 476 g/mol. The highest BCUT2D eigenvalue weighted by Gasteiger charge is 2.28. The maximum absolute atomic E-state index is 13.8. The smallest absolute Gasteiger partial charge is 0.258 e. The summed E-state index contributed by atoms with van der Waals surface area (Å²) in [5.74, 6) is 1.86. The molecule has 0 atom stereocenters. The third-order valence-corrected chi connectivity index (χ3v) is 8.43. The minimum atomic E-state index is -0.0699. The summed E-state index contributed by atoms with van der Waals surface area (Å²) in [5, 5.41) is 7.81. The first-order valence-electron chi connectivity index (χ1n) is 13.7. The number of para-hydroxylation sites is 2. The Bertz CT molecular complexity index is 1350. The van der Waals surface area contributed by atoms with E-state index in [1.807, 2.05) is 67.5 Å². The van der Waals surface area contributed by atoms with Crippen molar-refractivity contribution in [3.8, 4) is 0 Å². The molecule has 2 aromatic carbocycles. The molecule has 1 saturated carbocycles. The van der Waals surface area contributed by atoms with Gasteiger partial charge >= 0.3 is 0 Å². The molecule has 1 aromatic heterocycles. The third kappa shape index (κ3) is 4.80. The summed E-state index contributed by atoms with van der Waals surface area (Å²) in [6.45, 7) is 7.17. The first kappa shape index (κ1) is 24.7. The van der Waals surface area contributed by atoms with Gasteiger partial charge in [0.25, 0.3) is 5.91 Å². The fourth-order valence-electron chi connectivity index (χ4n) is 5.82. The Morgan fingerprint density at radius 1 is 1.05 bits per heavy atom. The van der Waals surface area contributed by atoms with Gasteiger partial charge in [0, 0.05) is 50.9 Å². The number of fused-ring (bicyclic) bond motifs is 2. The van der Waals surface area contributed by atoms with Crippen LogP contribution in [-0.2, 0) is 24.8 Å². The predicted molar refractivity (Wildman–Crippen MR) is 149 cm³/mol. The second-order valence-electron chi connectivity index (χ2n) is 11.0. The summed E-state index contributed by atoms with van der Waals surface area (Å²) in [6.07, 6.45) is 6.28. The van der Waals surface area contributed by atoms with Crippen molar-refractivity contribution >= 4 is 29.0 Å². The SMILES string of the molecule is Cc1cc(C(=O)N2Cc3cnn(C)c3Nc3ccccc32)ccc1CC(=O)N1CCN(CC2CCC2)CC1. The summed E-state index contributed by atoms with van der Waals surface area (Å²) < 4.78 is 1.80. The Kier molecular flexibility index (Phi) is 6.66. The summed E-state index contributed by atoms with van der Waals surface area (Å²) >= 11 is 0. The molecular formula is C30H36N6O2. The van der Waals surface area contributed by atoms with Crippen LogP contribution in [0, 0.1) is 12.8 Å². The van der Waals surface area contributed by atoms with E-state index in [-0.39, 0.29) is 11.8 Å². The lowest BCUT2D eigenvalue weighted by molar-refractivity contribution is -0.132. The highest BCUT2D eigenvalue weighted by molar-refractivity contribution is 6.08. The number of hydrogen-bond donors (Lipinski definition) is 1. The van der Waals surface area contributed by atoms with Crippen LogP contribution in [0.3, 0.4) is 0 Å². The molecule has 8 nitrogen and oxygen atoms in total. The van der Waals surface area contributed by atoms with Gasteiger partial charge in [-0.15, -0.1) is 0 Å². The van der Waals surface area contributed by atoms with Gasteiger partial charge in [-0.2, -0.15) is 5.10 Å². The van der Waals surface area contributed by atoms with Crippen LogP contribution in [0.4, 0.5) is 17.2 Å². The molecule has 3 aromatic rings. The topological polar surface area (TPSA) is 73.7 Å². The minimum Gasteiger partial charge on any atom is -0.340 e. The molecule has 3 heterocycles. The average molecular weight is 513 g/mol. The summed E-state index contributed by atoms with van der Waals surface area (Å²) in [7, 11) is 1.89. The molecule has 0 bridgehead atoms. The second-order valence-corrected chi connectivity index (χ2v) is 11.0. The number of amides is 2. The van der Waals surface area contributed by atoms with Crippen molar-refractivity contribution in [2.75, 3.05) is 42.9 Å². The summed E-state index contributed by atoms with van der Waals surface area (Å²) in [4.78, 5) is 33.2. The molecule has 1 saturated heterocycles. The van der Waals surface area contributed by atoms with E-state index >= 15 is 0 Å². The van der Waals surface area contributed by atoms with Crippen molar-refractivity contribution in [3.63, 3.8) is 0 Å². The summed E-state index contributed by atoms with van der Waals surface area (Å²) in [5.41, 5.74) is 5.23. The highest BCUT2D eigenvalue weighted by Crippen LogP contribution is 2.36. The van der Waals surface area contributed by atoms with E-state index in [0.717, 1.165) is 66.0 Å². The van der Waals surface area contributed by atoms with Crippen molar-refractivity contribution < 1.29 is 9.59 Å². The molecule has 198 valence electrons. The molecule has 0 unspecified atom stereocenters. The van der Waals surface area contributed by atoms with Crippen molar-refractivity contribution in [2.45, 2.75) is 39.2 Å². The van der Waals surface area contributed by atoms with E-state index in [1.165, 1.54) is 25.8 Å². The van der Waals surface area contributed by atoms with Crippen LogP contribution in [0.15, 0.2) is 48.7 Å². The quantitative estimate of drug-likeness (QED) is 0.557. The molecule has 3 aliphatic rings. The van der Waals surface area contributed by atoms with Crippen LogP contribution >= 0.6 is 0 Å². The average Bonchev–Trinajstić information content (AvgIpc) is 3.15. The van der Waals surface area contributed by atoms with Gasteiger partial charge in [-0.25, -0.2) is 0 Å². The van der Waals surface area contributed by atoms with Crippen LogP contribution in [0.2, 0.25) is 0 Å². The fourth-order valence-corrected chi connectivity index (χ4v) is 5.82. The van der Waals surface area contributed by atoms with Crippen molar-refractivity contribution in [1.29, 1.82) is 0 Å². The molecule has 6 rings (SSSR count). The van der Waals surface area contributed by atoms with Gasteiger partial charge in [0.05, 0.1) is 30.5 Å². The third-order valence-electron chi connectivity index (χ3n) is 8.43. The number of carbonyl (C=O) groups excluding carboxylic acids is 2. The fraction of sp³-hybridized carbons (Fsp3) is 0.433. The maximum Gasteiger partial charge on any atom is 0.258 e. The highest BCUT2D eigenvalue weighted by atomic mass is 16.2. The normalized spacial score (nSPS) is 17.7. The molecule has 2 aliphatic heterocycles. The molecule has 0 spiro atoms. The lowest BCUT2D eigenvalue weighted by atomic mass is 9.85. The van der Waals surface area contributed by atoms with Gasteiger partial charge in [0.15, 0.2) is 0 Å². The van der Waals surface area contributed by atoms with Crippen LogP contribution in [0.25, 0.3) is 0 Å². The van der Waals surface area contributed by atoms with Crippen LogP contribution in [0.5, 0.6) is 0 Å². The van der Waals surface area contributed by atoms with E-state index < -0.39 is 0 Å². The predicted octanol–water partition coefficient (Wildman–Crippen LogP) is 4.12. The van der Waals surface area contributed by atoms with Gasteiger partial charge < -0.3 is 15.1 Å². The molecule has 2 amide bonds. The Hall–Kier alpha value is -3.65. The largest absolute Gasteiger partial charge is 0.340 e. The van der Waals surface area contributed by atoms with Crippen LogP contribution in [-0.4, -0.2) is 64.1 Å². The minimum absolute atomic E-state index is 0.0699. The summed E-state index contributed by atoms with van der Waals surface area (Å²) in [6, 6.07) is 13.6. The zero-order chi connectivity index (χ0) is 26.2. The van der Waals surface area contributed by atoms with Gasteiger partial charge in [-0.3, -0.25) is 19.2 Å². The van der Waals surface area contributed by atoms with Crippen molar-refractivity contribution in [2.24, 2.45) is 13.0 Å². The van der Waals surface area contributed by atoms with E-state index in [2.05, 4.69) is 15.3 Å². The van der Waals surface area contributed by atoms with E-state index in [4.69, 9.17) is 0 Å². The number of aryl methyl sites for hydroxylation is 2. The Labute approximate surface area is 224 Å². The number of nitrogens with one attached hydrogen (secondary N) is 1. The Morgan fingerprint density at radius 2 is 1.84 bits per heavy atom. The number of benzene rings is 2. The van der Waals surface area contributed by atoms with Gasteiger partial charge in [-0.05, 0) is 61.1 Å². The Balaban J connectivity index is 1.14. The number of anilines is 3. The molecule has 2 fully saturated rings. The van der Waals surface area contributed by atoms with Gasteiger partial charge in [0.2, 0.25) is 5.91 Å². The van der Waals surface area contributed by atoms with E-state index in [0.29, 0.717) is 18.5 Å². The zero-order valence-corrected chi connectivity index (χ0v) is 22.3. The first-order valence-corrected chi connectivity index (χ1v) is 13.7. The second kappa shape index (κ2) is 10.3. The molecule has 1 aliphatic carbocycles. The molecule has 8 heteroatoms. The number of rotatable bonds is 5. The number of hydrogen-bond acceptors (Lipinski definition) is 5. The van der Waals surface area contributed by atoms with Crippen LogP contribution < -0.4 is 10.2 Å². The standard InChI is InChI=1S/C30H36N6O2/c1-21-16-24(11-10-23(21)17-28(37)35-14-12-34(13-15-35)19-22-6-5-7-22)30(38)36-20-25-18-31-33(2)29(25)32-26-8-3-4-9-27(26)36/h3-4,8-11,16,18,22,32H,5-7,12-15,17,19-20H2,1-2H3. The zero-order valence-electron chi connectivity index (χ0n) is 22.3. The lowest BCUT2D eigenvalue weighted by Crippen LogP contribution is -2.50. The Morgan fingerprint density at radius 3 is 2.58 bits per heavy atom. The van der Waals surface area contributed by atoms with E-state index in [9.17, 15) is 9.59 Å². The maximum atomic E-state index is 13.8. The van der Waals surface area contributed by atoms with Crippen molar-refractivity contribution in [3.05, 3.63) is 70.9 Å². The lowest BCUT2D eigenvalue weighted by Gasteiger charge is -2.38. The number of carbonyl (C=O) groups is 2. The van der Waals surface area contributed by atoms with Crippen molar-refractivity contribution in [1.82, 2.24) is 19.6 Å². The first-order chi connectivity index (χ1) is 18.5. The number of nitrogens with zero attached hydrogens (tertiary/aromatic N) is 5. The van der Waals surface area contributed by atoms with Gasteiger partial charge in [0.1, 0.15) is 5.82 Å². The molecule has 0 radical (unpaired) electrons. The number of piperazine rings is 1. The number of aromatic nitrogens is 2. The van der Waals surface area contributed by atoms with Crippen LogP contribution in [0.1, 0.15) is 46.3 Å². The van der Waals surface area contributed by atoms with E-state index in [1.54, 1.807) is 9.58 Å². The molecule has 1 N–H and O–H groups in total.